The lowest BCUT2D eigenvalue weighted by atomic mass is 10.1. The first-order chi connectivity index (χ1) is 21.2. The predicted molar refractivity (Wildman–Crippen MR) is 177 cm³/mol. The van der Waals surface area contributed by atoms with Gasteiger partial charge in [-0.25, -0.2) is 4.98 Å². The van der Waals surface area contributed by atoms with Gasteiger partial charge in [-0.3, -0.25) is 4.90 Å². The molecule has 0 saturated heterocycles. The second-order valence-corrected chi connectivity index (χ2v) is 11.1. The second kappa shape index (κ2) is 17.6. The number of aromatic nitrogens is 2. The second-order valence-electron chi connectivity index (χ2n) is 10.7. The van der Waals surface area contributed by atoms with Crippen molar-refractivity contribution in [2.45, 2.75) is 78.8 Å². The van der Waals surface area contributed by atoms with Gasteiger partial charge in [0.25, 0.3) is 0 Å². The lowest BCUT2D eigenvalue weighted by Crippen LogP contribution is -2.25. The van der Waals surface area contributed by atoms with Crippen LogP contribution in [0.3, 0.4) is 0 Å². The quantitative estimate of drug-likeness (QED) is 0.109. The molecule has 0 fully saturated rings. The van der Waals surface area contributed by atoms with Crippen molar-refractivity contribution in [1.82, 2.24) is 14.5 Å². The van der Waals surface area contributed by atoms with Gasteiger partial charge in [0, 0.05) is 36.8 Å². The first-order valence-electron chi connectivity index (χ1n) is 15.1. The van der Waals surface area contributed by atoms with Crippen LogP contribution in [0.25, 0.3) is 11.4 Å². The Morgan fingerprint density at radius 3 is 2.23 bits per heavy atom. The van der Waals surface area contributed by atoms with Crippen molar-refractivity contribution in [3.05, 3.63) is 137 Å². The standard InChI is InChI=1S/C30H31ClF3N3.C7H12/c1-3-4-17-37-28(22(2)35-29(37)24-13-9-6-10-14-24)21-36(19-23-11-7-5-8-12-23)20-25-18-26(30(32,33)34)15-16-27(25)31;1-3-5-7-6-4-2/h5-16,18H,3-4,17,19-21H2,1-2H3;3-4,6H,1,5,7H2,2H3/b;6-4-. The monoisotopic (exact) mass is 621 g/mol. The van der Waals surface area contributed by atoms with E-state index in [1.165, 1.54) is 6.07 Å². The third-order valence-corrected chi connectivity index (χ3v) is 7.57. The molecule has 3 aromatic carbocycles. The highest BCUT2D eigenvalue weighted by Crippen LogP contribution is 2.33. The van der Waals surface area contributed by atoms with E-state index in [0.717, 1.165) is 72.7 Å². The van der Waals surface area contributed by atoms with Crippen LogP contribution < -0.4 is 0 Å². The zero-order chi connectivity index (χ0) is 32.0. The maximum atomic E-state index is 13.5. The average molecular weight is 622 g/mol. The van der Waals surface area contributed by atoms with Crippen LogP contribution in [0.15, 0.2) is 104 Å². The number of benzene rings is 3. The number of hydrogen-bond acceptors (Lipinski definition) is 2. The van der Waals surface area contributed by atoms with E-state index in [1.54, 1.807) is 0 Å². The Morgan fingerprint density at radius 1 is 0.932 bits per heavy atom. The van der Waals surface area contributed by atoms with Crippen molar-refractivity contribution in [2.75, 3.05) is 0 Å². The molecule has 1 aromatic heterocycles. The van der Waals surface area contributed by atoms with E-state index < -0.39 is 11.7 Å². The molecule has 4 aromatic rings. The van der Waals surface area contributed by atoms with Gasteiger partial charge in [0.2, 0.25) is 0 Å². The number of hydrogen-bond donors (Lipinski definition) is 0. The van der Waals surface area contributed by atoms with Crippen LogP contribution in [0.4, 0.5) is 13.2 Å². The lowest BCUT2D eigenvalue weighted by molar-refractivity contribution is -0.137. The number of nitrogens with zero attached hydrogens (tertiary/aromatic N) is 3. The molecular formula is C37H43ClF3N3. The molecule has 234 valence electrons. The number of allylic oxidation sites excluding steroid dienone is 3. The smallest absolute Gasteiger partial charge is 0.327 e. The maximum Gasteiger partial charge on any atom is 0.416 e. The molecule has 7 heteroatoms. The summed E-state index contributed by atoms with van der Waals surface area (Å²) in [6, 6.07) is 23.6. The third kappa shape index (κ3) is 10.5. The molecule has 0 radical (unpaired) electrons. The zero-order valence-corrected chi connectivity index (χ0v) is 26.7. The van der Waals surface area contributed by atoms with E-state index in [0.29, 0.717) is 23.7 Å². The van der Waals surface area contributed by atoms with Crippen molar-refractivity contribution >= 4 is 11.6 Å². The van der Waals surface area contributed by atoms with Crippen LogP contribution in [-0.4, -0.2) is 14.5 Å². The van der Waals surface area contributed by atoms with Gasteiger partial charge in [0.1, 0.15) is 5.82 Å². The third-order valence-electron chi connectivity index (χ3n) is 7.20. The summed E-state index contributed by atoms with van der Waals surface area (Å²) in [5.41, 5.74) is 3.86. The van der Waals surface area contributed by atoms with Crippen molar-refractivity contribution in [1.29, 1.82) is 0 Å². The van der Waals surface area contributed by atoms with Gasteiger partial charge in [-0.15, -0.1) is 6.58 Å². The van der Waals surface area contributed by atoms with E-state index in [-0.39, 0.29) is 6.54 Å². The Kier molecular flexibility index (Phi) is 14.0. The molecule has 0 aliphatic carbocycles. The summed E-state index contributed by atoms with van der Waals surface area (Å²) in [5, 5.41) is 0.326. The summed E-state index contributed by atoms with van der Waals surface area (Å²) in [6.45, 7) is 12.0. The highest BCUT2D eigenvalue weighted by Gasteiger charge is 2.31. The van der Waals surface area contributed by atoms with E-state index >= 15 is 0 Å². The van der Waals surface area contributed by atoms with Crippen LogP contribution in [0.2, 0.25) is 5.02 Å². The van der Waals surface area contributed by atoms with Crippen LogP contribution in [0, 0.1) is 6.92 Å². The number of rotatable bonds is 13. The summed E-state index contributed by atoms with van der Waals surface area (Å²) in [7, 11) is 0. The molecule has 0 aliphatic heterocycles. The van der Waals surface area contributed by atoms with E-state index in [2.05, 4.69) is 47.3 Å². The van der Waals surface area contributed by atoms with Crippen molar-refractivity contribution in [2.24, 2.45) is 0 Å². The van der Waals surface area contributed by atoms with Crippen LogP contribution in [0.1, 0.15) is 67.6 Å². The topological polar surface area (TPSA) is 21.1 Å². The molecule has 4 rings (SSSR count). The molecule has 0 saturated carbocycles. The minimum absolute atomic E-state index is 0.275. The fourth-order valence-electron chi connectivity index (χ4n) is 4.89. The maximum absolute atomic E-state index is 13.5. The SMILES string of the molecule is C=CCC/C=C\C.CCCCn1c(-c2ccccc2)nc(C)c1CN(Cc1ccccc1)Cc1cc(C(F)(F)F)ccc1Cl. The van der Waals surface area contributed by atoms with E-state index in [1.807, 2.05) is 68.5 Å². The first-order valence-corrected chi connectivity index (χ1v) is 15.5. The summed E-state index contributed by atoms with van der Waals surface area (Å²) in [4.78, 5) is 7.06. The van der Waals surface area contributed by atoms with E-state index in [4.69, 9.17) is 16.6 Å². The van der Waals surface area contributed by atoms with Crippen LogP contribution >= 0.6 is 11.6 Å². The molecule has 0 atom stereocenters. The molecule has 0 N–H and O–H groups in total. The summed E-state index contributed by atoms with van der Waals surface area (Å²) < 4.78 is 42.6. The Hall–Kier alpha value is -3.61. The Bertz CT molecular complexity index is 1460. The fourth-order valence-corrected chi connectivity index (χ4v) is 5.06. The fraction of sp³-hybridized carbons (Fsp3) is 0.324. The van der Waals surface area contributed by atoms with Gasteiger partial charge >= 0.3 is 6.18 Å². The highest BCUT2D eigenvalue weighted by atomic mass is 35.5. The highest BCUT2D eigenvalue weighted by molar-refractivity contribution is 6.31. The molecule has 0 amide bonds. The molecule has 0 unspecified atom stereocenters. The van der Waals surface area contributed by atoms with Crippen molar-refractivity contribution < 1.29 is 13.2 Å². The Morgan fingerprint density at radius 2 is 1.61 bits per heavy atom. The summed E-state index contributed by atoms with van der Waals surface area (Å²) >= 11 is 6.40. The zero-order valence-electron chi connectivity index (χ0n) is 26.0. The minimum atomic E-state index is -4.43. The molecule has 0 bridgehead atoms. The number of aryl methyl sites for hydroxylation is 1. The van der Waals surface area contributed by atoms with Gasteiger partial charge in [0.05, 0.1) is 17.0 Å². The molecule has 1 heterocycles. The first kappa shape index (κ1) is 34.9. The van der Waals surface area contributed by atoms with Gasteiger partial charge in [-0.2, -0.15) is 13.2 Å². The number of imidazole rings is 1. The van der Waals surface area contributed by atoms with Crippen LogP contribution in [-0.2, 0) is 32.4 Å². The van der Waals surface area contributed by atoms with Crippen molar-refractivity contribution in [3.8, 4) is 11.4 Å². The van der Waals surface area contributed by atoms with Gasteiger partial charge < -0.3 is 4.57 Å². The molecule has 0 spiro atoms. The minimum Gasteiger partial charge on any atom is -0.327 e. The average Bonchev–Trinajstić information content (AvgIpc) is 3.32. The Balaban J connectivity index is 0.000000676. The Labute approximate surface area is 265 Å². The van der Waals surface area contributed by atoms with E-state index in [9.17, 15) is 13.2 Å². The molecular weight excluding hydrogens is 579 g/mol. The van der Waals surface area contributed by atoms with Gasteiger partial charge in [0.15, 0.2) is 0 Å². The number of halogens is 4. The normalized spacial score (nSPS) is 11.5. The van der Waals surface area contributed by atoms with Gasteiger partial charge in [-0.1, -0.05) is 104 Å². The molecule has 3 nitrogen and oxygen atoms in total. The summed E-state index contributed by atoms with van der Waals surface area (Å²) in [5.74, 6) is 0.915. The predicted octanol–water partition coefficient (Wildman–Crippen LogP) is 11.1. The molecule has 0 aliphatic rings. The number of alkyl halides is 3. The molecule has 44 heavy (non-hydrogen) atoms. The van der Waals surface area contributed by atoms with Crippen molar-refractivity contribution in [3.63, 3.8) is 0 Å². The number of unbranched alkanes of at least 4 members (excludes halogenated alkanes) is 2. The largest absolute Gasteiger partial charge is 0.416 e. The van der Waals surface area contributed by atoms with Gasteiger partial charge in [-0.05, 0) is 62.4 Å². The lowest BCUT2D eigenvalue weighted by Gasteiger charge is -2.25. The summed E-state index contributed by atoms with van der Waals surface area (Å²) in [6.07, 6.45) is 5.98. The van der Waals surface area contributed by atoms with Crippen LogP contribution in [0.5, 0.6) is 0 Å².